The molecule has 4 heteroatoms. The second-order valence-electron chi connectivity index (χ2n) is 5.70. The van der Waals surface area contributed by atoms with Crippen LogP contribution in [0.1, 0.15) is 28.9 Å². The van der Waals surface area contributed by atoms with Gasteiger partial charge in [-0.3, -0.25) is 9.78 Å². The van der Waals surface area contributed by atoms with Crippen LogP contribution < -0.4 is 4.90 Å². The quantitative estimate of drug-likeness (QED) is 0.870. The Morgan fingerprint density at radius 3 is 2.59 bits per heavy atom. The van der Waals surface area contributed by atoms with Gasteiger partial charge in [0, 0.05) is 38.6 Å². The van der Waals surface area contributed by atoms with E-state index in [4.69, 9.17) is 0 Å². The standard InChI is InChI=1S/C18H21N3O/c1-20(18(22)16-9-4-5-11-19-16)14-15-8-2-3-10-17(15)21-12-6-7-13-21/h2-5,8-11H,6-7,12-14H2,1H3. The highest BCUT2D eigenvalue weighted by Gasteiger charge is 2.18. The summed E-state index contributed by atoms with van der Waals surface area (Å²) in [6, 6.07) is 13.8. The molecular formula is C18H21N3O. The molecule has 1 aliphatic rings. The van der Waals surface area contributed by atoms with E-state index in [9.17, 15) is 4.79 Å². The monoisotopic (exact) mass is 295 g/mol. The molecule has 4 nitrogen and oxygen atoms in total. The molecule has 1 saturated heterocycles. The molecule has 0 atom stereocenters. The number of amides is 1. The molecular weight excluding hydrogens is 274 g/mol. The van der Waals surface area contributed by atoms with Gasteiger partial charge in [0.05, 0.1) is 0 Å². The van der Waals surface area contributed by atoms with Gasteiger partial charge in [0.15, 0.2) is 0 Å². The van der Waals surface area contributed by atoms with Crippen molar-refractivity contribution in [2.45, 2.75) is 19.4 Å². The van der Waals surface area contributed by atoms with E-state index in [1.807, 2.05) is 25.2 Å². The zero-order chi connectivity index (χ0) is 15.4. The first kappa shape index (κ1) is 14.6. The molecule has 2 heterocycles. The summed E-state index contributed by atoms with van der Waals surface area (Å²) in [6.07, 6.45) is 4.15. The van der Waals surface area contributed by atoms with Gasteiger partial charge < -0.3 is 9.80 Å². The molecule has 0 bridgehead atoms. The van der Waals surface area contributed by atoms with Crippen LogP contribution in [-0.4, -0.2) is 35.9 Å². The SMILES string of the molecule is CN(Cc1ccccc1N1CCCC1)C(=O)c1ccccn1. The number of hydrogen-bond acceptors (Lipinski definition) is 3. The summed E-state index contributed by atoms with van der Waals surface area (Å²) in [4.78, 5) is 20.7. The van der Waals surface area contributed by atoms with Gasteiger partial charge in [-0.15, -0.1) is 0 Å². The normalized spacial score (nSPS) is 14.1. The van der Waals surface area contributed by atoms with Crippen LogP contribution in [0.15, 0.2) is 48.7 Å². The number of rotatable bonds is 4. The summed E-state index contributed by atoms with van der Waals surface area (Å²) in [6.45, 7) is 2.81. The molecule has 0 spiro atoms. The number of para-hydroxylation sites is 1. The van der Waals surface area contributed by atoms with Crippen molar-refractivity contribution in [2.24, 2.45) is 0 Å². The van der Waals surface area contributed by atoms with E-state index in [1.54, 1.807) is 17.2 Å². The Kier molecular flexibility index (Phi) is 4.37. The molecule has 114 valence electrons. The number of hydrogen-bond donors (Lipinski definition) is 0. The Morgan fingerprint density at radius 1 is 1.14 bits per heavy atom. The zero-order valence-electron chi connectivity index (χ0n) is 12.9. The molecule has 1 fully saturated rings. The summed E-state index contributed by atoms with van der Waals surface area (Å²) in [7, 11) is 1.83. The molecule has 0 unspecified atom stereocenters. The van der Waals surface area contributed by atoms with Gasteiger partial charge in [-0.25, -0.2) is 0 Å². The molecule has 0 aliphatic carbocycles. The predicted molar refractivity (Wildman–Crippen MR) is 87.9 cm³/mol. The first-order chi connectivity index (χ1) is 10.8. The Bertz CT molecular complexity index is 636. The Morgan fingerprint density at radius 2 is 1.86 bits per heavy atom. The fraction of sp³-hybridized carbons (Fsp3) is 0.333. The molecule has 1 amide bonds. The average Bonchev–Trinajstić information content (AvgIpc) is 3.10. The van der Waals surface area contributed by atoms with Crippen molar-refractivity contribution >= 4 is 11.6 Å². The maximum atomic E-state index is 12.4. The summed E-state index contributed by atoms with van der Waals surface area (Å²) >= 11 is 0. The highest BCUT2D eigenvalue weighted by atomic mass is 16.2. The van der Waals surface area contributed by atoms with Crippen LogP contribution in [0.5, 0.6) is 0 Å². The first-order valence-corrected chi connectivity index (χ1v) is 7.75. The predicted octanol–water partition coefficient (Wildman–Crippen LogP) is 2.95. The number of benzene rings is 1. The number of aromatic nitrogens is 1. The largest absolute Gasteiger partial charge is 0.371 e. The van der Waals surface area contributed by atoms with Crippen molar-refractivity contribution < 1.29 is 4.79 Å². The summed E-state index contributed by atoms with van der Waals surface area (Å²) in [5.74, 6) is -0.0446. The fourth-order valence-electron chi connectivity index (χ4n) is 2.92. The lowest BCUT2D eigenvalue weighted by molar-refractivity contribution is 0.0779. The third-order valence-electron chi connectivity index (χ3n) is 4.08. The lowest BCUT2D eigenvalue weighted by atomic mass is 10.1. The van der Waals surface area contributed by atoms with Crippen LogP contribution in [0.2, 0.25) is 0 Å². The first-order valence-electron chi connectivity index (χ1n) is 7.75. The van der Waals surface area contributed by atoms with E-state index in [0.717, 1.165) is 13.1 Å². The van der Waals surface area contributed by atoms with Gasteiger partial charge in [-0.05, 0) is 36.6 Å². The molecule has 1 aliphatic heterocycles. The van der Waals surface area contributed by atoms with E-state index in [0.29, 0.717) is 12.2 Å². The Labute approximate surface area is 131 Å². The molecule has 22 heavy (non-hydrogen) atoms. The zero-order valence-corrected chi connectivity index (χ0v) is 12.9. The minimum Gasteiger partial charge on any atom is -0.371 e. The van der Waals surface area contributed by atoms with Gasteiger partial charge in [-0.2, -0.15) is 0 Å². The van der Waals surface area contributed by atoms with Crippen molar-refractivity contribution in [3.63, 3.8) is 0 Å². The second kappa shape index (κ2) is 6.60. The van der Waals surface area contributed by atoms with Crippen LogP contribution >= 0.6 is 0 Å². The van der Waals surface area contributed by atoms with E-state index in [1.165, 1.54) is 24.1 Å². The number of carbonyl (C=O) groups is 1. The summed E-state index contributed by atoms with van der Waals surface area (Å²) < 4.78 is 0. The maximum Gasteiger partial charge on any atom is 0.272 e. The van der Waals surface area contributed by atoms with Gasteiger partial charge in [0.1, 0.15) is 5.69 Å². The van der Waals surface area contributed by atoms with Crippen molar-refractivity contribution in [2.75, 3.05) is 25.0 Å². The van der Waals surface area contributed by atoms with Gasteiger partial charge in [0.25, 0.3) is 5.91 Å². The van der Waals surface area contributed by atoms with Crippen LogP contribution in [0.3, 0.4) is 0 Å². The summed E-state index contributed by atoms with van der Waals surface area (Å²) in [5.41, 5.74) is 2.93. The van der Waals surface area contributed by atoms with Gasteiger partial charge in [0.2, 0.25) is 0 Å². The van der Waals surface area contributed by atoms with E-state index >= 15 is 0 Å². The van der Waals surface area contributed by atoms with E-state index in [2.05, 4.69) is 28.1 Å². The minimum absolute atomic E-state index is 0.0446. The van der Waals surface area contributed by atoms with Crippen molar-refractivity contribution in [3.8, 4) is 0 Å². The van der Waals surface area contributed by atoms with Gasteiger partial charge in [-0.1, -0.05) is 24.3 Å². The van der Waals surface area contributed by atoms with Crippen molar-refractivity contribution in [3.05, 3.63) is 59.9 Å². The topological polar surface area (TPSA) is 36.4 Å². The molecule has 3 rings (SSSR count). The maximum absolute atomic E-state index is 12.4. The number of pyridine rings is 1. The minimum atomic E-state index is -0.0446. The molecule has 0 saturated carbocycles. The summed E-state index contributed by atoms with van der Waals surface area (Å²) in [5, 5.41) is 0. The van der Waals surface area contributed by atoms with E-state index < -0.39 is 0 Å². The Hall–Kier alpha value is -2.36. The van der Waals surface area contributed by atoms with Crippen LogP contribution in [0.4, 0.5) is 5.69 Å². The van der Waals surface area contributed by atoms with Crippen molar-refractivity contribution in [1.29, 1.82) is 0 Å². The number of anilines is 1. The average molecular weight is 295 g/mol. The lowest BCUT2D eigenvalue weighted by Gasteiger charge is -2.24. The highest BCUT2D eigenvalue weighted by Crippen LogP contribution is 2.25. The Balaban J connectivity index is 1.77. The number of carbonyl (C=O) groups excluding carboxylic acids is 1. The van der Waals surface area contributed by atoms with E-state index in [-0.39, 0.29) is 5.91 Å². The smallest absolute Gasteiger partial charge is 0.272 e. The third kappa shape index (κ3) is 3.11. The van der Waals surface area contributed by atoms with Gasteiger partial charge >= 0.3 is 0 Å². The molecule has 1 aromatic carbocycles. The third-order valence-corrected chi connectivity index (χ3v) is 4.08. The molecule has 1 aromatic heterocycles. The van der Waals surface area contributed by atoms with Crippen molar-refractivity contribution in [1.82, 2.24) is 9.88 Å². The fourth-order valence-corrected chi connectivity index (χ4v) is 2.92. The molecule has 2 aromatic rings. The van der Waals surface area contributed by atoms with Crippen LogP contribution in [-0.2, 0) is 6.54 Å². The lowest BCUT2D eigenvalue weighted by Crippen LogP contribution is -2.28. The second-order valence-corrected chi connectivity index (χ2v) is 5.70. The molecule has 0 radical (unpaired) electrons. The number of nitrogens with zero attached hydrogens (tertiary/aromatic N) is 3. The highest BCUT2D eigenvalue weighted by molar-refractivity contribution is 5.92. The van der Waals surface area contributed by atoms with Crippen LogP contribution in [0, 0.1) is 0 Å². The van der Waals surface area contributed by atoms with Crippen LogP contribution in [0.25, 0.3) is 0 Å². The molecule has 0 N–H and O–H groups in total.